The highest BCUT2D eigenvalue weighted by atomic mass is 16.5. The van der Waals surface area contributed by atoms with Crippen molar-refractivity contribution >= 4 is 0 Å². The Morgan fingerprint density at radius 3 is 2.91 bits per heavy atom. The van der Waals surface area contributed by atoms with Crippen LogP contribution < -0.4 is 5.32 Å². The summed E-state index contributed by atoms with van der Waals surface area (Å²) >= 11 is 0. The zero-order valence-electron chi connectivity index (χ0n) is 6.92. The maximum absolute atomic E-state index is 4.79. The highest BCUT2D eigenvalue weighted by molar-refractivity contribution is 4.82. The summed E-state index contributed by atoms with van der Waals surface area (Å²) in [5.41, 5.74) is 0. The van der Waals surface area contributed by atoms with Gasteiger partial charge in [-0.05, 0) is 13.0 Å². The predicted molar refractivity (Wildman–Crippen MR) is 41.0 cm³/mol. The van der Waals surface area contributed by atoms with Crippen LogP contribution in [0.2, 0.25) is 0 Å². The van der Waals surface area contributed by atoms with E-state index >= 15 is 0 Å². The van der Waals surface area contributed by atoms with Crippen LogP contribution in [0.1, 0.15) is 25.1 Å². The number of aryl methyl sites for hydroxylation is 1. The second kappa shape index (κ2) is 4.08. The summed E-state index contributed by atoms with van der Waals surface area (Å²) in [6.07, 6.45) is 1.12. The lowest BCUT2D eigenvalue weighted by Gasteiger charge is -1.95. The Bertz CT molecular complexity index is 209. The maximum atomic E-state index is 4.79. The first-order valence-corrected chi connectivity index (χ1v) is 3.83. The Balaban J connectivity index is 2.27. The lowest BCUT2D eigenvalue weighted by Crippen LogP contribution is -2.14. The topological polar surface area (TPSA) is 51.0 Å². The van der Waals surface area contributed by atoms with Crippen LogP contribution in [0.15, 0.2) is 4.52 Å². The van der Waals surface area contributed by atoms with Crippen LogP contribution in [0.25, 0.3) is 0 Å². The quantitative estimate of drug-likeness (QED) is 0.656. The number of nitrogens with zero attached hydrogens (tertiary/aromatic N) is 2. The minimum absolute atomic E-state index is 0.623. The Morgan fingerprint density at radius 1 is 1.55 bits per heavy atom. The van der Waals surface area contributed by atoms with Crippen LogP contribution >= 0.6 is 0 Å². The van der Waals surface area contributed by atoms with Crippen LogP contribution in [0.5, 0.6) is 0 Å². The molecular weight excluding hydrogens is 142 g/mol. The van der Waals surface area contributed by atoms with Gasteiger partial charge in [-0.1, -0.05) is 12.1 Å². The minimum Gasteiger partial charge on any atom is -0.340 e. The third kappa shape index (κ3) is 2.67. The second-order valence-corrected chi connectivity index (χ2v) is 2.41. The zero-order chi connectivity index (χ0) is 8.10. The molecule has 0 atom stereocenters. The number of hydrogen-bond acceptors (Lipinski definition) is 4. The normalized spacial score (nSPS) is 10.4. The molecule has 0 saturated heterocycles. The molecule has 0 aromatic carbocycles. The molecule has 11 heavy (non-hydrogen) atoms. The molecule has 0 amide bonds. The van der Waals surface area contributed by atoms with Crippen LogP contribution in [0.4, 0.5) is 0 Å². The first-order valence-electron chi connectivity index (χ1n) is 3.83. The molecule has 62 valence electrons. The van der Waals surface area contributed by atoms with Crippen molar-refractivity contribution in [3.63, 3.8) is 0 Å². The molecule has 0 aliphatic carbocycles. The zero-order valence-corrected chi connectivity index (χ0v) is 6.92. The van der Waals surface area contributed by atoms with Crippen molar-refractivity contribution in [2.24, 2.45) is 0 Å². The van der Waals surface area contributed by atoms with Crippen molar-refractivity contribution in [1.82, 2.24) is 15.5 Å². The van der Waals surface area contributed by atoms with Gasteiger partial charge in [-0.2, -0.15) is 4.98 Å². The van der Waals surface area contributed by atoms with Crippen LogP contribution in [0.3, 0.4) is 0 Å². The monoisotopic (exact) mass is 155 g/mol. The summed E-state index contributed by atoms with van der Waals surface area (Å²) in [6.45, 7) is 5.60. The van der Waals surface area contributed by atoms with E-state index in [4.69, 9.17) is 4.52 Å². The fourth-order valence-electron chi connectivity index (χ4n) is 0.790. The van der Waals surface area contributed by atoms with Crippen molar-refractivity contribution < 1.29 is 4.52 Å². The van der Waals surface area contributed by atoms with Crippen molar-refractivity contribution in [2.45, 2.75) is 26.8 Å². The highest BCUT2D eigenvalue weighted by Crippen LogP contribution is 1.93. The number of rotatable bonds is 4. The Morgan fingerprint density at radius 2 is 2.36 bits per heavy atom. The van der Waals surface area contributed by atoms with Crippen LogP contribution in [-0.2, 0) is 6.54 Å². The van der Waals surface area contributed by atoms with Gasteiger partial charge in [0.05, 0.1) is 6.54 Å². The second-order valence-electron chi connectivity index (χ2n) is 2.41. The van der Waals surface area contributed by atoms with Crippen molar-refractivity contribution in [3.05, 3.63) is 11.7 Å². The highest BCUT2D eigenvalue weighted by Gasteiger charge is 1.99. The average molecular weight is 155 g/mol. The van der Waals surface area contributed by atoms with Gasteiger partial charge in [-0.25, -0.2) is 0 Å². The number of hydrogen-bond donors (Lipinski definition) is 1. The number of aromatic nitrogens is 2. The van der Waals surface area contributed by atoms with Gasteiger partial charge in [0.25, 0.3) is 0 Å². The van der Waals surface area contributed by atoms with Gasteiger partial charge in [0, 0.05) is 6.92 Å². The summed E-state index contributed by atoms with van der Waals surface area (Å²) in [4.78, 5) is 4.04. The van der Waals surface area contributed by atoms with Crippen molar-refractivity contribution in [1.29, 1.82) is 0 Å². The van der Waals surface area contributed by atoms with Gasteiger partial charge in [0.1, 0.15) is 0 Å². The predicted octanol–water partition coefficient (Wildman–Crippen LogP) is 0.878. The molecule has 0 bridgehead atoms. The Kier molecular flexibility index (Phi) is 3.04. The molecule has 1 aromatic rings. The lowest BCUT2D eigenvalue weighted by atomic mass is 10.4. The average Bonchev–Trinajstić information content (AvgIpc) is 2.37. The van der Waals surface area contributed by atoms with Gasteiger partial charge in [-0.15, -0.1) is 0 Å². The van der Waals surface area contributed by atoms with E-state index in [2.05, 4.69) is 22.4 Å². The maximum Gasteiger partial charge on any atom is 0.223 e. The summed E-state index contributed by atoms with van der Waals surface area (Å²) < 4.78 is 4.79. The third-order valence-corrected chi connectivity index (χ3v) is 1.28. The molecule has 1 heterocycles. The molecule has 0 saturated carbocycles. The SMILES string of the molecule is CCCNCc1noc(C)n1. The van der Waals surface area contributed by atoms with E-state index in [1.807, 2.05) is 0 Å². The van der Waals surface area contributed by atoms with E-state index < -0.39 is 0 Å². The van der Waals surface area contributed by atoms with E-state index in [1.165, 1.54) is 0 Å². The summed E-state index contributed by atoms with van der Waals surface area (Å²) in [6, 6.07) is 0. The van der Waals surface area contributed by atoms with Gasteiger partial charge >= 0.3 is 0 Å². The van der Waals surface area contributed by atoms with Gasteiger partial charge in [0.2, 0.25) is 5.89 Å². The van der Waals surface area contributed by atoms with Gasteiger partial charge in [0.15, 0.2) is 5.82 Å². The fraction of sp³-hybridized carbons (Fsp3) is 0.714. The first-order chi connectivity index (χ1) is 5.33. The smallest absolute Gasteiger partial charge is 0.223 e. The molecule has 4 heteroatoms. The minimum atomic E-state index is 0.623. The molecule has 0 aliphatic heterocycles. The molecule has 0 fully saturated rings. The van der Waals surface area contributed by atoms with E-state index in [0.29, 0.717) is 12.4 Å². The molecule has 0 aliphatic rings. The van der Waals surface area contributed by atoms with Gasteiger partial charge < -0.3 is 9.84 Å². The van der Waals surface area contributed by atoms with E-state index in [0.717, 1.165) is 18.8 Å². The summed E-state index contributed by atoms with van der Waals surface area (Å²) in [5, 5.41) is 6.92. The molecule has 1 rings (SSSR count). The van der Waals surface area contributed by atoms with E-state index in [1.54, 1.807) is 6.92 Å². The van der Waals surface area contributed by atoms with E-state index in [-0.39, 0.29) is 0 Å². The Hall–Kier alpha value is -0.900. The fourth-order valence-corrected chi connectivity index (χ4v) is 0.790. The lowest BCUT2D eigenvalue weighted by molar-refractivity contribution is 0.385. The largest absolute Gasteiger partial charge is 0.340 e. The van der Waals surface area contributed by atoms with Crippen LogP contribution in [0, 0.1) is 6.92 Å². The first kappa shape index (κ1) is 8.20. The molecule has 1 N–H and O–H groups in total. The van der Waals surface area contributed by atoms with Crippen molar-refractivity contribution in [2.75, 3.05) is 6.54 Å². The number of nitrogens with one attached hydrogen (secondary N) is 1. The molecule has 4 nitrogen and oxygen atoms in total. The molecule has 1 aromatic heterocycles. The summed E-state index contributed by atoms with van der Waals surface area (Å²) in [5.74, 6) is 1.36. The molecule has 0 radical (unpaired) electrons. The van der Waals surface area contributed by atoms with Crippen LogP contribution in [-0.4, -0.2) is 16.7 Å². The molecule has 0 spiro atoms. The van der Waals surface area contributed by atoms with Gasteiger partial charge in [-0.3, -0.25) is 0 Å². The third-order valence-electron chi connectivity index (χ3n) is 1.28. The Labute approximate surface area is 66.0 Å². The summed E-state index contributed by atoms with van der Waals surface area (Å²) in [7, 11) is 0. The molecular formula is C7H13N3O. The standard InChI is InChI=1S/C7H13N3O/c1-3-4-8-5-7-9-6(2)11-10-7/h8H,3-5H2,1-2H3. The van der Waals surface area contributed by atoms with E-state index in [9.17, 15) is 0 Å². The molecule has 0 unspecified atom stereocenters. The van der Waals surface area contributed by atoms with Crippen molar-refractivity contribution in [3.8, 4) is 0 Å².